The Morgan fingerprint density at radius 3 is 2.73 bits per heavy atom. The van der Waals surface area contributed by atoms with Crippen LogP contribution < -0.4 is 0 Å². The highest BCUT2D eigenvalue weighted by molar-refractivity contribution is 6.78. The minimum Gasteiger partial charge on any atom is -0.376 e. The molecule has 0 saturated carbocycles. The van der Waals surface area contributed by atoms with Crippen LogP contribution in [0.1, 0.15) is 13.3 Å². The molecule has 1 fully saturated rings. The zero-order chi connectivity index (χ0) is 11.1. The Morgan fingerprint density at radius 2 is 2.07 bits per heavy atom. The standard InChI is InChI=1S/C13H22OSi/c1-10-12-9-14-8-11(12)6-5-7-13(10)15(2,3)4/h5-6,11,13H,7-9H2,1-4H3/t11-,13-/m1/s1. The van der Waals surface area contributed by atoms with Crippen molar-refractivity contribution >= 4 is 8.07 Å². The van der Waals surface area contributed by atoms with Gasteiger partial charge in [0.1, 0.15) is 0 Å². The second kappa shape index (κ2) is 3.91. The van der Waals surface area contributed by atoms with E-state index in [0.717, 1.165) is 18.8 Å². The summed E-state index contributed by atoms with van der Waals surface area (Å²) in [6.45, 7) is 11.6. The Bertz CT molecular complexity index is 309. The predicted octanol–water partition coefficient (Wildman–Crippen LogP) is 3.62. The van der Waals surface area contributed by atoms with E-state index in [9.17, 15) is 0 Å². The molecule has 2 heteroatoms. The molecule has 1 heterocycles. The van der Waals surface area contributed by atoms with Crippen molar-refractivity contribution in [1.82, 2.24) is 0 Å². The highest BCUT2D eigenvalue weighted by atomic mass is 28.3. The van der Waals surface area contributed by atoms with Crippen LogP contribution in [0.4, 0.5) is 0 Å². The third kappa shape index (κ3) is 2.11. The molecule has 0 spiro atoms. The first-order valence-corrected chi connectivity index (χ1v) is 9.52. The summed E-state index contributed by atoms with van der Waals surface area (Å²) in [5, 5.41) is 0. The molecular formula is C13H22OSi. The molecule has 2 aliphatic rings. The van der Waals surface area contributed by atoms with Crippen molar-refractivity contribution in [1.29, 1.82) is 0 Å². The molecule has 0 aromatic rings. The van der Waals surface area contributed by atoms with Crippen LogP contribution in [0.3, 0.4) is 0 Å². The predicted molar refractivity (Wildman–Crippen MR) is 67.9 cm³/mol. The zero-order valence-corrected chi connectivity index (χ0v) is 11.3. The molecule has 15 heavy (non-hydrogen) atoms. The highest BCUT2D eigenvalue weighted by Gasteiger charge is 2.33. The van der Waals surface area contributed by atoms with Gasteiger partial charge in [0.05, 0.1) is 21.3 Å². The highest BCUT2D eigenvalue weighted by Crippen LogP contribution is 2.40. The molecule has 0 amide bonds. The minimum atomic E-state index is -1.08. The van der Waals surface area contributed by atoms with Crippen molar-refractivity contribution in [2.45, 2.75) is 38.5 Å². The summed E-state index contributed by atoms with van der Waals surface area (Å²) < 4.78 is 5.58. The quantitative estimate of drug-likeness (QED) is 0.486. The first-order chi connectivity index (χ1) is 7.00. The van der Waals surface area contributed by atoms with E-state index in [2.05, 4.69) is 38.7 Å². The van der Waals surface area contributed by atoms with Crippen LogP contribution in [0, 0.1) is 5.92 Å². The van der Waals surface area contributed by atoms with E-state index in [4.69, 9.17) is 4.74 Å². The van der Waals surface area contributed by atoms with Crippen LogP contribution in [0.25, 0.3) is 0 Å². The average Bonchev–Trinajstić information content (AvgIpc) is 2.52. The Balaban J connectivity index is 2.36. The van der Waals surface area contributed by atoms with Crippen LogP contribution in [0.2, 0.25) is 25.2 Å². The van der Waals surface area contributed by atoms with Crippen molar-refractivity contribution in [2.24, 2.45) is 5.92 Å². The molecule has 0 unspecified atom stereocenters. The lowest BCUT2D eigenvalue weighted by Crippen LogP contribution is -2.29. The number of fused-ring (bicyclic) bond motifs is 1. The molecule has 84 valence electrons. The lowest BCUT2D eigenvalue weighted by Gasteiger charge is -2.29. The van der Waals surface area contributed by atoms with Gasteiger partial charge < -0.3 is 4.74 Å². The average molecular weight is 222 g/mol. The monoisotopic (exact) mass is 222 g/mol. The Kier molecular flexibility index (Phi) is 2.91. The van der Waals surface area contributed by atoms with Gasteiger partial charge in [0, 0.05) is 5.92 Å². The maximum atomic E-state index is 5.58. The van der Waals surface area contributed by atoms with E-state index in [1.807, 2.05) is 0 Å². The molecule has 1 nitrogen and oxygen atoms in total. The summed E-state index contributed by atoms with van der Waals surface area (Å²) in [4.78, 5) is 0. The van der Waals surface area contributed by atoms with Crippen LogP contribution >= 0.6 is 0 Å². The largest absolute Gasteiger partial charge is 0.376 e. The maximum absolute atomic E-state index is 5.58. The summed E-state index contributed by atoms with van der Waals surface area (Å²) in [5.41, 5.74) is 4.04. The normalized spacial score (nSPS) is 31.7. The van der Waals surface area contributed by atoms with Crippen molar-refractivity contribution < 1.29 is 4.74 Å². The fourth-order valence-corrected chi connectivity index (χ4v) is 5.19. The zero-order valence-electron chi connectivity index (χ0n) is 10.3. The smallest absolute Gasteiger partial charge is 0.0686 e. The first kappa shape index (κ1) is 11.2. The number of ether oxygens (including phenoxy) is 1. The number of hydrogen-bond donors (Lipinski definition) is 0. The van der Waals surface area contributed by atoms with Gasteiger partial charge in [0.15, 0.2) is 0 Å². The van der Waals surface area contributed by atoms with Crippen molar-refractivity contribution in [3.05, 3.63) is 23.3 Å². The molecule has 2 atom stereocenters. The van der Waals surface area contributed by atoms with E-state index < -0.39 is 8.07 Å². The van der Waals surface area contributed by atoms with Gasteiger partial charge >= 0.3 is 0 Å². The lowest BCUT2D eigenvalue weighted by atomic mass is 9.98. The molecule has 2 rings (SSSR count). The topological polar surface area (TPSA) is 9.23 Å². The van der Waals surface area contributed by atoms with Gasteiger partial charge in [-0.1, -0.05) is 37.4 Å². The minimum absolute atomic E-state index is 0.589. The molecular weight excluding hydrogens is 200 g/mol. The second-order valence-electron chi connectivity index (χ2n) is 5.91. The number of rotatable bonds is 1. The van der Waals surface area contributed by atoms with Gasteiger partial charge in [-0.3, -0.25) is 0 Å². The molecule has 1 aliphatic heterocycles. The fraction of sp³-hybridized carbons (Fsp3) is 0.692. The van der Waals surface area contributed by atoms with E-state index in [1.165, 1.54) is 6.42 Å². The van der Waals surface area contributed by atoms with Gasteiger partial charge in [-0.05, 0) is 24.5 Å². The Labute approximate surface area is 94.2 Å². The molecule has 0 N–H and O–H groups in total. The number of allylic oxidation sites excluding steroid dienone is 2. The van der Waals surface area contributed by atoms with E-state index in [1.54, 1.807) is 11.1 Å². The molecule has 1 aliphatic carbocycles. The lowest BCUT2D eigenvalue weighted by molar-refractivity contribution is 0.195. The van der Waals surface area contributed by atoms with Gasteiger partial charge in [-0.15, -0.1) is 0 Å². The molecule has 1 saturated heterocycles. The molecule has 0 radical (unpaired) electrons. The second-order valence-corrected chi connectivity index (χ2v) is 11.3. The first-order valence-electron chi connectivity index (χ1n) is 5.94. The van der Waals surface area contributed by atoms with Crippen molar-refractivity contribution in [3.63, 3.8) is 0 Å². The molecule has 0 aromatic heterocycles. The Morgan fingerprint density at radius 1 is 1.33 bits per heavy atom. The van der Waals surface area contributed by atoms with Crippen LogP contribution in [0.15, 0.2) is 23.3 Å². The summed E-state index contributed by atoms with van der Waals surface area (Å²) in [6.07, 6.45) is 6.01. The SMILES string of the molecule is CC1=C2COC[C@H]2C=CC[C@H]1[Si](C)(C)C. The van der Waals surface area contributed by atoms with Crippen LogP contribution in [-0.2, 0) is 4.74 Å². The Hall–Kier alpha value is -0.343. The van der Waals surface area contributed by atoms with Gasteiger partial charge in [0.25, 0.3) is 0 Å². The van der Waals surface area contributed by atoms with Crippen molar-refractivity contribution in [3.8, 4) is 0 Å². The van der Waals surface area contributed by atoms with Gasteiger partial charge in [-0.2, -0.15) is 0 Å². The summed E-state index contributed by atoms with van der Waals surface area (Å²) in [6, 6.07) is 0. The van der Waals surface area contributed by atoms with E-state index in [-0.39, 0.29) is 0 Å². The number of hydrogen-bond acceptors (Lipinski definition) is 1. The molecule has 0 bridgehead atoms. The third-order valence-electron chi connectivity index (χ3n) is 3.82. The molecule has 0 aromatic carbocycles. The van der Waals surface area contributed by atoms with Crippen LogP contribution in [0.5, 0.6) is 0 Å². The van der Waals surface area contributed by atoms with Crippen LogP contribution in [-0.4, -0.2) is 21.3 Å². The van der Waals surface area contributed by atoms with Gasteiger partial charge in [0.2, 0.25) is 0 Å². The van der Waals surface area contributed by atoms with E-state index in [0.29, 0.717) is 5.92 Å². The van der Waals surface area contributed by atoms with E-state index >= 15 is 0 Å². The van der Waals surface area contributed by atoms with Crippen molar-refractivity contribution in [2.75, 3.05) is 13.2 Å². The summed E-state index contributed by atoms with van der Waals surface area (Å²) in [7, 11) is -1.08. The maximum Gasteiger partial charge on any atom is 0.0686 e. The summed E-state index contributed by atoms with van der Waals surface area (Å²) in [5.74, 6) is 0.589. The van der Waals surface area contributed by atoms with Gasteiger partial charge in [-0.25, -0.2) is 0 Å². The summed E-state index contributed by atoms with van der Waals surface area (Å²) >= 11 is 0. The third-order valence-corrected chi connectivity index (χ3v) is 6.58. The fourth-order valence-electron chi connectivity index (χ4n) is 2.86.